The van der Waals surface area contributed by atoms with Gasteiger partial charge in [0, 0.05) is 26.1 Å². The highest BCUT2D eigenvalue weighted by Gasteiger charge is 2.10. The summed E-state index contributed by atoms with van der Waals surface area (Å²) in [5, 5.41) is 6.34. The SMILES string of the molecule is CCOc1ccc(CCC(=O)NCc2ccc3c(c2)CNC3)cc1.Cl. The van der Waals surface area contributed by atoms with Crippen molar-refractivity contribution in [1.82, 2.24) is 10.6 Å². The zero-order valence-electron chi connectivity index (χ0n) is 14.5. The van der Waals surface area contributed by atoms with Gasteiger partial charge in [-0.05, 0) is 47.7 Å². The quantitative estimate of drug-likeness (QED) is 0.796. The summed E-state index contributed by atoms with van der Waals surface area (Å²) in [6.07, 6.45) is 1.24. The fourth-order valence-electron chi connectivity index (χ4n) is 2.92. The van der Waals surface area contributed by atoms with Crippen LogP contribution in [0.2, 0.25) is 0 Å². The number of amides is 1. The van der Waals surface area contributed by atoms with Crippen LogP contribution in [0, 0.1) is 0 Å². The number of hydrogen-bond donors (Lipinski definition) is 2. The second-order valence-electron chi connectivity index (χ2n) is 6.06. The molecule has 1 heterocycles. The number of aryl methyl sites for hydroxylation is 1. The van der Waals surface area contributed by atoms with Crippen molar-refractivity contribution in [3.05, 3.63) is 64.7 Å². The molecule has 0 aliphatic carbocycles. The minimum absolute atomic E-state index is 0. The number of benzene rings is 2. The van der Waals surface area contributed by atoms with E-state index >= 15 is 0 Å². The lowest BCUT2D eigenvalue weighted by Crippen LogP contribution is -2.23. The van der Waals surface area contributed by atoms with Crippen molar-refractivity contribution in [3.63, 3.8) is 0 Å². The van der Waals surface area contributed by atoms with Crippen LogP contribution in [0.5, 0.6) is 5.75 Å². The van der Waals surface area contributed by atoms with Crippen molar-refractivity contribution in [2.24, 2.45) is 0 Å². The first-order chi connectivity index (χ1) is 11.7. The Balaban J connectivity index is 0.00000225. The zero-order chi connectivity index (χ0) is 16.8. The molecule has 1 aliphatic rings. The molecule has 0 aromatic heterocycles. The lowest BCUT2D eigenvalue weighted by Gasteiger charge is -2.08. The number of ether oxygens (including phenoxy) is 1. The summed E-state index contributed by atoms with van der Waals surface area (Å²) < 4.78 is 5.42. The Bertz CT molecular complexity index is 701. The zero-order valence-corrected chi connectivity index (χ0v) is 15.3. The van der Waals surface area contributed by atoms with E-state index in [4.69, 9.17) is 4.74 Å². The van der Waals surface area contributed by atoms with Crippen molar-refractivity contribution >= 4 is 18.3 Å². The summed E-state index contributed by atoms with van der Waals surface area (Å²) in [5.41, 5.74) is 5.01. The molecular weight excluding hydrogens is 336 g/mol. The van der Waals surface area contributed by atoms with Gasteiger partial charge in [0.25, 0.3) is 0 Å². The fourth-order valence-corrected chi connectivity index (χ4v) is 2.92. The monoisotopic (exact) mass is 360 g/mol. The molecule has 134 valence electrons. The van der Waals surface area contributed by atoms with E-state index in [1.165, 1.54) is 11.1 Å². The Labute approximate surface area is 155 Å². The van der Waals surface area contributed by atoms with E-state index in [0.29, 0.717) is 19.6 Å². The van der Waals surface area contributed by atoms with E-state index < -0.39 is 0 Å². The third-order valence-corrected chi connectivity index (χ3v) is 4.27. The summed E-state index contributed by atoms with van der Waals surface area (Å²) >= 11 is 0. The fraction of sp³-hybridized carbons (Fsp3) is 0.350. The van der Waals surface area contributed by atoms with Gasteiger partial charge in [0.05, 0.1) is 6.61 Å². The second kappa shape index (κ2) is 9.44. The van der Waals surface area contributed by atoms with E-state index in [9.17, 15) is 4.79 Å². The van der Waals surface area contributed by atoms with Crippen molar-refractivity contribution in [2.75, 3.05) is 6.61 Å². The van der Waals surface area contributed by atoms with Crippen LogP contribution in [-0.4, -0.2) is 12.5 Å². The van der Waals surface area contributed by atoms with Gasteiger partial charge in [0.2, 0.25) is 5.91 Å². The Kier molecular flexibility index (Phi) is 7.29. The number of halogens is 1. The van der Waals surface area contributed by atoms with Gasteiger partial charge < -0.3 is 15.4 Å². The van der Waals surface area contributed by atoms with Gasteiger partial charge in [0.1, 0.15) is 5.75 Å². The second-order valence-corrected chi connectivity index (χ2v) is 6.06. The lowest BCUT2D eigenvalue weighted by atomic mass is 10.1. The van der Waals surface area contributed by atoms with Gasteiger partial charge in [-0.15, -0.1) is 12.4 Å². The van der Waals surface area contributed by atoms with Crippen molar-refractivity contribution < 1.29 is 9.53 Å². The third-order valence-electron chi connectivity index (χ3n) is 4.27. The van der Waals surface area contributed by atoms with Gasteiger partial charge in [-0.3, -0.25) is 4.79 Å². The number of rotatable bonds is 7. The molecule has 0 spiro atoms. The predicted octanol–water partition coefficient (Wildman–Crippen LogP) is 3.36. The predicted molar refractivity (Wildman–Crippen MR) is 102 cm³/mol. The number of nitrogens with one attached hydrogen (secondary N) is 2. The van der Waals surface area contributed by atoms with E-state index in [1.54, 1.807) is 0 Å². The average molecular weight is 361 g/mol. The highest BCUT2D eigenvalue weighted by Crippen LogP contribution is 2.17. The summed E-state index contributed by atoms with van der Waals surface area (Å²) in [6.45, 7) is 5.10. The van der Waals surface area contributed by atoms with Crippen LogP contribution in [0.1, 0.15) is 35.6 Å². The van der Waals surface area contributed by atoms with Crippen molar-refractivity contribution in [1.29, 1.82) is 0 Å². The molecular formula is C20H25ClN2O2. The Morgan fingerprint density at radius 3 is 2.56 bits per heavy atom. The smallest absolute Gasteiger partial charge is 0.220 e. The molecule has 1 aliphatic heterocycles. The molecule has 0 saturated carbocycles. The van der Waals surface area contributed by atoms with E-state index in [2.05, 4.69) is 28.8 Å². The van der Waals surface area contributed by atoms with Crippen LogP contribution in [-0.2, 0) is 30.8 Å². The number of hydrogen-bond acceptors (Lipinski definition) is 3. The molecule has 0 saturated heterocycles. The van der Waals surface area contributed by atoms with Crippen LogP contribution in [0.4, 0.5) is 0 Å². The van der Waals surface area contributed by atoms with E-state index in [0.717, 1.165) is 36.4 Å². The maximum atomic E-state index is 12.0. The van der Waals surface area contributed by atoms with Gasteiger partial charge >= 0.3 is 0 Å². The van der Waals surface area contributed by atoms with Crippen molar-refractivity contribution in [2.45, 2.75) is 39.4 Å². The average Bonchev–Trinajstić information content (AvgIpc) is 3.07. The standard InChI is InChI=1S/C20H24N2O2.ClH/c1-2-24-19-8-4-15(5-9-19)6-10-20(23)22-12-16-3-7-17-13-21-14-18(17)11-16;/h3-5,7-9,11,21H,2,6,10,12-14H2,1H3,(H,22,23);1H. The number of carbonyl (C=O) groups is 1. The molecule has 2 N–H and O–H groups in total. The lowest BCUT2D eigenvalue weighted by molar-refractivity contribution is -0.121. The largest absolute Gasteiger partial charge is 0.494 e. The van der Waals surface area contributed by atoms with Crippen LogP contribution in [0.25, 0.3) is 0 Å². The molecule has 25 heavy (non-hydrogen) atoms. The molecule has 0 radical (unpaired) electrons. The Morgan fingerprint density at radius 1 is 1.08 bits per heavy atom. The molecule has 0 atom stereocenters. The van der Waals surface area contributed by atoms with Crippen LogP contribution in [0.3, 0.4) is 0 Å². The van der Waals surface area contributed by atoms with Crippen LogP contribution in [0.15, 0.2) is 42.5 Å². The minimum atomic E-state index is 0. The van der Waals surface area contributed by atoms with Gasteiger partial charge in [0.15, 0.2) is 0 Å². The number of carbonyl (C=O) groups excluding carboxylic acids is 1. The number of fused-ring (bicyclic) bond motifs is 1. The first-order valence-corrected chi connectivity index (χ1v) is 8.54. The topological polar surface area (TPSA) is 50.4 Å². The molecule has 2 aromatic rings. The third kappa shape index (κ3) is 5.48. The normalized spacial score (nSPS) is 12.2. The van der Waals surface area contributed by atoms with Gasteiger partial charge in [-0.25, -0.2) is 0 Å². The minimum Gasteiger partial charge on any atom is -0.494 e. The highest BCUT2D eigenvalue weighted by molar-refractivity contribution is 5.85. The summed E-state index contributed by atoms with van der Waals surface area (Å²) in [6, 6.07) is 14.4. The maximum Gasteiger partial charge on any atom is 0.220 e. The van der Waals surface area contributed by atoms with Crippen LogP contribution >= 0.6 is 12.4 Å². The van der Waals surface area contributed by atoms with Crippen molar-refractivity contribution in [3.8, 4) is 5.75 Å². The van der Waals surface area contributed by atoms with E-state index in [-0.39, 0.29) is 18.3 Å². The summed E-state index contributed by atoms with van der Waals surface area (Å²) in [4.78, 5) is 12.0. The molecule has 2 aromatic carbocycles. The Morgan fingerprint density at radius 2 is 1.80 bits per heavy atom. The van der Waals surface area contributed by atoms with Gasteiger partial charge in [-0.1, -0.05) is 30.3 Å². The molecule has 0 fully saturated rings. The molecule has 0 unspecified atom stereocenters. The first kappa shape index (κ1) is 19.3. The molecule has 1 amide bonds. The maximum absolute atomic E-state index is 12.0. The Hall–Kier alpha value is -2.04. The van der Waals surface area contributed by atoms with Crippen LogP contribution < -0.4 is 15.4 Å². The first-order valence-electron chi connectivity index (χ1n) is 8.54. The van der Waals surface area contributed by atoms with E-state index in [1.807, 2.05) is 31.2 Å². The molecule has 3 rings (SSSR count). The highest BCUT2D eigenvalue weighted by atomic mass is 35.5. The molecule has 0 bridgehead atoms. The summed E-state index contributed by atoms with van der Waals surface area (Å²) in [5.74, 6) is 0.958. The molecule has 5 heteroatoms. The summed E-state index contributed by atoms with van der Waals surface area (Å²) in [7, 11) is 0. The van der Waals surface area contributed by atoms with Gasteiger partial charge in [-0.2, -0.15) is 0 Å². The molecule has 4 nitrogen and oxygen atoms in total.